The van der Waals surface area contributed by atoms with Crippen molar-refractivity contribution in [2.75, 3.05) is 25.0 Å². The third-order valence-electron chi connectivity index (χ3n) is 6.92. The molecule has 3 atom stereocenters. The number of pyridine rings is 1. The molecule has 4 heterocycles. The summed E-state index contributed by atoms with van der Waals surface area (Å²) in [5, 5.41) is 3.27. The van der Waals surface area contributed by atoms with E-state index in [1.165, 1.54) is 18.2 Å². The Hall–Kier alpha value is -3.46. The summed E-state index contributed by atoms with van der Waals surface area (Å²) in [6.45, 7) is 5.69. The van der Waals surface area contributed by atoms with Crippen LogP contribution >= 0.6 is 0 Å². The summed E-state index contributed by atoms with van der Waals surface area (Å²) in [5.41, 5.74) is 1.87. The first-order chi connectivity index (χ1) is 16.4. The second kappa shape index (κ2) is 8.72. The van der Waals surface area contributed by atoms with E-state index in [9.17, 15) is 18.8 Å². The highest BCUT2D eigenvalue weighted by Crippen LogP contribution is 2.36. The van der Waals surface area contributed by atoms with Crippen molar-refractivity contribution >= 4 is 28.5 Å². The van der Waals surface area contributed by atoms with E-state index < -0.39 is 17.8 Å². The van der Waals surface area contributed by atoms with Gasteiger partial charge in [-0.15, -0.1) is 0 Å². The van der Waals surface area contributed by atoms with Crippen molar-refractivity contribution in [3.63, 3.8) is 0 Å². The molecule has 0 saturated carbocycles. The molecule has 0 aliphatic carbocycles. The lowest BCUT2D eigenvalue weighted by Gasteiger charge is -2.44. The number of likely N-dealkylation sites (tertiary alicyclic amines) is 1. The van der Waals surface area contributed by atoms with E-state index >= 15 is 0 Å². The predicted octanol–water partition coefficient (Wildman–Crippen LogP) is 3.09. The first kappa shape index (κ1) is 22.3. The fourth-order valence-corrected chi connectivity index (χ4v) is 5.29. The fourth-order valence-electron chi connectivity index (χ4n) is 5.29. The Balaban J connectivity index is 1.40. The Kier molecular flexibility index (Phi) is 5.73. The SMILES string of the molecule is CCOC(=O)c1[nH]c2ccc(F)cc2c1NC(=O)[C@@H](C)N1C[C@@H]2C[C@H](C1)c1cccc(=O)n1C2. The third-order valence-corrected chi connectivity index (χ3v) is 6.92. The molecule has 0 unspecified atom stereocenters. The zero-order valence-corrected chi connectivity index (χ0v) is 19.1. The molecule has 0 radical (unpaired) electrons. The Labute approximate surface area is 195 Å². The predicted molar refractivity (Wildman–Crippen MR) is 125 cm³/mol. The highest BCUT2D eigenvalue weighted by Gasteiger charge is 2.37. The molecule has 2 aromatic heterocycles. The minimum atomic E-state index is -0.614. The van der Waals surface area contributed by atoms with Gasteiger partial charge >= 0.3 is 5.97 Å². The molecule has 1 amide bonds. The summed E-state index contributed by atoms with van der Waals surface area (Å²) in [5.74, 6) is -0.922. The van der Waals surface area contributed by atoms with Crippen molar-refractivity contribution in [1.82, 2.24) is 14.5 Å². The number of piperidine rings is 1. The summed E-state index contributed by atoms with van der Waals surface area (Å²) in [6, 6.07) is 8.98. The van der Waals surface area contributed by atoms with Crippen LogP contribution in [0.5, 0.6) is 0 Å². The van der Waals surface area contributed by atoms with Crippen LogP contribution in [0.3, 0.4) is 0 Å². The second-order valence-electron chi connectivity index (χ2n) is 9.10. The molecule has 34 heavy (non-hydrogen) atoms. The van der Waals surface area contributed by atoms with Crippen LogP contribution in [0, 0.1) is 11.7 Å². The molecule has 0 spiro atoms. The number of amides is 1. The van der Waals surface area contributed by atoms with Gasteiger partial charge in [-0.25, -0.2) is 9.18 Å². The Morgan fingerprint density at radius 2 is 2.06 bits per heavy atom. The molecule has 1 aromatic carbocycles. The number of carbonyl (C=O) groups excluding carboxylic acids is 2. The molecule has 5 rings (SSSR count). The molecule has 1 saturated heterocycles. The van der Waals surface area contributed by atoms with Gasteiger partial charge in [0.15, 0.2) is 0 Å². The van der Waals surface area contributed by atoms with Gasteiger partial charge in [0, 0.05) is 48.2 Å². The fraction of sp³-hybridized carbons (Fsp3) is 0.400. The smallest absolute Gasteiger partial charge is 0.356 e. The van der Waals surface area contributed by atoms with Gasteiger partial charge in [-0.05, 0) is 50.5 Å². The van der Waals surface area contributed by atoms with Gasteiger partial charge < -0.3 is 19.6 Å². The number of benzene rings is 1. The molecule has 1 fully saturated rings. The first-order valence-corrected chi connectivity index (χ1v) is 11.6. The van der Waals surface area contributed by atoms with Crippen molar-refractivity contribution in [3.05, 3.63) is 64.0 Å². The van der Waals surface area contributed by atoms with Crippen molar-refractivity contribution in [3.8, 4) is 0 Å². The summed E-state index contributed by atoms with van der Waals surface area (Å²) < 4.78 is 20.9. The zero-order chi connectivity index (χ0) is 24.0. The monoisotopic (exact) mass is 466 g/mol. The van der Waals surface area contributed by atoms with Gasteiger partial charge in [0.2, 0.25) is 5.91 Å². The summed E-state index contributed by atoms with van der Waals surface area (Å²) >= 11 is 0. The van der Waals surface area contributed by atoms with Gasteiger partial charge in [-0.2, -0.15) is 0 Å². The molecule has 178 valence electrons. The first-order valence-electron chi connectivity index (χ1n) is 11.6. The molecule has 2 bridgehead atoms. The van der Waals surface area contributed by atoms with E-state index in [1.54, 1.807) is 19.1 Å². The maximum atomic E-state index is 14.0. The maximum Gasteiger partial charge on any atom is 0.356 e. The number of esters is 1. The number of aromatic amines is 1. The van der Waals surface area contributed by atoms with Crippen molar-refractivity contribution in [2.24, 2.45) is 5.92 Å². The number of halogens is 1. The lowest BCUT2D eigenvalue weighted by atomic mass is 9.82. The molecule has 2 N–H and O–H groups in total. The number of H-pyrrole nitrogens is 1. The number of carbonyl (C=O) groups is 2. The number of fused-ring (bicyclic) bond motifs is 5. The van der Waals surface area contributed by atoms with E-state index in [2.05, 4.69) is 15.2 Å². The molecular formula is C25H27FN4O4. The number of nitrogens with one attached hydrogen (secondary N) is 2. The third kappa shape index (κ3) is 3.90. The standard InChI is InChI=1S/C25H27FN4O4/c1-3-34-25(33)23-22(18-10-17(26)7-8-19(18)27-23)28-24(32)14(2)29-11-15-9-16(13-29)20-5-4-6-21(31)30(20)12-15/h4-8,10,14-16,27H,3,9,11-13H2,1-2H3,(H,28,32)/t14-,15+,16-/m1/s1. The van der Waals surface area contributed by atoms with E-state index in [0.717, 1.165) is 12.1 Å². The topological polar surface area (TPSA) is 96.4 Å². The number of rotatable bonds is 5. The number of hydrogen-bond donors (Lipinski definition) is 2. The Morgan fingerprint density at radius 1 is 1.24 bits per heavy atom. The van der Waals surface area contributed by atoms with Crippen LogP contribution in [0.2, 0.25) is 0 Å². The molecule has 2 aliphatic rings. The van der Waals surface area contributed by atoms with Crippen LogP contribution in [0.15, 0.2) is 41.2 Å². The maximum absolute atomic E-state index is 14.0. The second-order valence-corrected chi connectivity index (χ2v) is 9.10. The van der Waals surface area contributed by atoms with Crippen molar-refractivity contribution in [2.45, 2.75) is 38.8 Å². The normalized spacial score (nSPS) is 20.6. The molecule has 2 aliphatic heterocycles. The van der Waals surface area contributed by atoms with Crippen LogP contribution in [0.1, 0.15) is 42.4 Å². The Morgan fingerprint density at radius 3 is 2.85 bits per heavy atom. The van der Waals surface area contributed by atoms with Crippen LogP contribution in [0.4, 0.5) is 10.1 Å². The van der Waals surface area contributed by atoms with Crippen molar-refractivity contribution in [1.29, 1.82) is 0 Å². The van der Waals surface area contributed by atoms with E-state index in [-0.39, 0.29) is 41.3 Å². The number of hydrogen-bond acceptors (Lipinski definition) is 5. The number of aromatic nitrogens is 2. The van der Waals surface area contributed by atoms with Gasteiger partial charge in [0.25, 0.3) is 5.56 Å². The van der Waals surface area contributed by atoms with Crippen LogP contribution in [0.25, 0.3) is 10.9 Å². The lowest BCUT2D eigenvalue weighted by Crippen LogP contribution is -2.52. The van der Waals surface area contributed by atoms with Gasteiger partial charge in [0.05, 0.1) is 18.3 Å². The Bertz CT molecular complexity index is 1330. The van der Waals surface area contributed by atoms with E-state index in [1.807, 2.05) is 17.6 Å². The molecule has 9 heteroatoms. The number of nitrogens with zero attached hydrogens (tertiary/aromatic N) is 2. The largest absolute Gasteiger partial charge is 0.461 e. The average molecular weight is 467 g/mol. The number of ether oxygens (including phenoxy) is 1. The minimum absolute atomic E-state index is 0.0181. The highest BCUT2D eigenvalue weighted by molar-refractivity contribution is 6.11. The van der Waals surface area contributed by atoms with E-state index in [0.29, 0.717) is 30.5 Å². The lowest BCUT2D eigenvalue weighted by molar-refractivity contribution is -0.121. The van der Waals surface area contributed by atoms with Crippen LogP contribution < -0.4 is 10.9 Å². The highest BCUT2D eigenvalue weighted by atomic mass is 19.1. The average Bonchev–Trinajstić information content (AvgIpc) is 3.17. The number of anilines is 1. The van der Waals surface area contributed by atoms with Crippen LogP contribution in [-0.2, 0) is 16.1 Å². The van der Waals surface area contributed by atoms with Gasteiger partial charge in [-0.3, -0.25) is 14.5 Å². The molecule has 8 nitrogen and oxygen atoms in total. The van der Waals surface area contributed by atoms with Gasteiger partial charge in [0.1, 0.15) is 11.5 Å². The molecule has 3 aromatic rings. The summed E-state index contributed by atoms with van der Waals surface area (Å²) in [7, 11) is 0. The quantitative estimate of drug-likeness (QED) is 0.564. The van der Waals surface area contributed by atoms with Gasteiger partial charge in [-0.1, -0.05) is 6.07 Å². The summed E-state index contributed by atoms with van der Waals surface area (Å²) in [4.78, 5) is 43.2. The van der Waals surface area contributed by atoms with E-state index in [4.69, 9.17) is 4.74 Å². The molecular weight excluding hydrogens is 439 g/mol. The van der Waals surface area contributed by atoms with Crippen molar-refractivity contribution < 1.29 is 18.7 Å². The minimum Gasteiger partial charge on any atom is -0.461 e. The summed E-state index contributed by atoms with van der Waals surface area (Å²) in [6.07, 6.45) is 0.989. The zero-order valence-electron chi connectivity index (χ0n) is 19.1. The van der Waals surface area contributed by atoms with Crippen LogP contribution in [-0.4, -0.2) is 52.1 Å².